The van der Waals surface area contributed by atoms with E-state index in [-0.39, 0.29) is 16.2 Å². The van der Waals surface area contributed by atoms with Gasteiger partial charge in [0.2, 0.25) is 0 Å². The Balaban J connectivity index is 1.56. The second-order valence-electron chi connectivity index (χ2n) is 7.49. The van der Waals surface area contributed by atoms with Crippen LogP contribution >= 0.6 is 46.3 Å². The number of benzene rings is 2. The number of rotatable bonds is 7. The quantitative estimate of drug-likeness (QED) is 0.267. The average molecular weight is 631 g/mol. The zero-order valence-corrected chi connectivity index (χ0v) is 22.2. The first-order chi connectivity index (χ1) is 16.2. The standard InChI is InChI=1S/C22H20ClIN4O4S2/c1-13(21(29)14-4-6-15(23)7-5-14)26-22(30)17-9-8-16(24)11-18(17)27-34(31,32)20-3-2-10-28-19(20)12-25-33-28/h2-13,21,25,27,29H,1H3,(H,26,30)/t13-,21-/m1/s1. The third kappa shape index (κ3) is 5.38. The molecule has 0 fully saturated rings. The number of nitrogens with one attached hydrogen (secondary N) is 3. The molecule has 0 unspecified atom stereocenters. The molecular formula is C22H20ClIN4O4S2. The molecule has 2 atom stereocenters. The number of nitrogens with zero attached hydrogens (tertiary/aromatic N) is 1. The molecule has 2 aromatic rings. The van der Waals surface area contributed by atoms with Gasteiger partial charge in [0, 0.05) is 21.0 Å². The maximum Gasteiger partial charge on any atom is 0.264 e. The molecule has 4 N–H and O–H groups in total. The summed E-state index contributed by atoms with van der Waals surface area (Å²) in [4.78, 5) is 13.2. The van der Waals surface area contributed by atoms with Crippen molar-refractivity contribution in [2.24, 2.45) is 0 Å². The summed E-state index contributed by atoms with van der Waals surface area (Å²) in [6, 6.07) is 10.9. The fraction of sp³-hybridized carbons (Fsp3) is 0.136. The van der Waals surface area contributed by atoms with Crippen LogP contribution in [0.4, 0.5) is 5.69 Å². The third-order valence-corrected chi connectivity index (χ3v) is 8.18. The number of allylic oxidation sites excluding steroid dienone is 2. The number of aliphatic hydroxyl groups is 1. The normalized spacial score (nSPS) is 16.6. The highest BCUT2D eigenvalue weighted by molar-refractivity contribution is 14.1. The van der Waals surface area contributed by atoms with Crippen LogP contribution in [0.15, 0.2) is 77.6 Å². The van der Waals surface area contributed by atoms with Crippen molar-refractivity contribution in [3.8, 4) is 0 Å². The number of carbonyl (C=O) groups is 1. The van der Waals surface area contributed by atoms with E-state index in [9.17, 15) is 18.3 Å². The smallest absolute Gasteiger partial charge is 0.264 e. The topological polar surface area (TPSA) is 111 Å². The summed E-state index contributed by atoms with van der Waals surface area (Å²) < 4.78 is 34.4. The molecule has 0 aromatic heterocycles. The molecule has 4 rings (SSSR count). The van der Waals surface area contributed by atoms with Crippen LogP contribution in [0.3, 0.4) is 0 Å². The van der Waals surface area contributed by atoms with Crippen LogP contribution in [0.5, 0.6) is 0 Å². The molecule has 0 radical (unpaired) electrons. The van der Waals surface area contributed by atoms with Gasteiger partial charge in [0.05, 0.1) is 41.2 Å². The van der Waals surface area contributed by atoms with Crippen molar-refractivity contribution in [3.05, 3.63) is 97.3 Å². The Morgan fingerprint density at radius 1 is 1.24 bits per heavy atom. The summed E-state index contributed by atoms with van der Waals surface area (Å²) in [6.07, 6.45) is 5.49. The molecule has 8 nitrogen and oxygen atoms in total. The number of hydrogen-bond acceptors (Lipinski definition) is 7. The molecule has 0 saturated heterocycles. The van der Waals surface area contributed by atoms with Gasteiger partial charge in [0.25, 0.3) is 15.9 Å². The number of amides is 1. The van der Waals surface area contributed by atoms with Crippen molar-refractivity contribution in [2.45, 2.75) is 19.1 Å². The van der Waals surface area contributed by atoms with Gasteiger partial charge >= 0.3 is 0 Å². The lowest BCUT2D eigenvalue weighted by Crippen LogP contribution is -2.37. The Morgan fingerprint density at radius 3 is 2.71 bits per heavy atom. The number of anilines is 1. The third-order valence-electron chi connectivity index (χ3n) is 5.11. The molecule has 34 heavy (non-hydrogen) atoms. The summed E-state index contributed by atoms with van der Waals surface area (Å²) in [5.41, 5.74) is 1.35. The predicted octanol–water partition coefficient (Wildman–Crippen LogP) is 4.26. The number of sulfonamides is 1. The summed E-state index contributed by atoms with van der Waals surface area (Å²) in [5, 5.41) is 13.9. The van der Waals surface area contributed by atoms with Crippen molar-refractivity contribution in [3.63, 3.8) is 0 Å². The van der Waals surface area contributed by atoms with Gasteiger partial charge in [-0.1, -0.05) is 23.7 Å². The molecule has 0 spiro atoms. The lowest BCUT2D eigenvalue weighted by Gasteiger charge is -2.23. The predicted molar refractivity (Wildman–Crippen MR) is 143 cm³/mol. The van der Waals surface area contributed by atoms with Gasteiger partial charge in [-0.25, -0.2) is 8.42 Å². The molecule has 2 aliphatic heterocycles. The maximum absolute atomic E-state index is 13.2. The number of fused-ring (bicyclic) bond motifs is 1. The number of halogens is 2. The Bertz CT molecular complexity index is 1310. The summed E-state index contributed by atoms with van der Waals surface area (Å²) in [7, 11) is -4.00. The molecule has 2 aliphatic rings. The van der Waals surface area contributed by atoms with E-state index >= 15 is 0 Å². The lowest BCUT2D eigenvalue weighted by atomic mass is 10.0. The highest BCUT2D eigenvalue weighted by Crippen LogP contribution is 2.34. The summed E-state index contributed by atoms with van der Waals surface area (Å²) in [5.74, 6) is -0.522. The minimum absolute atomic E-state index is 0.0734. The highest BCUT2D eigenvalue weighted by atomic mass is 127. The van der Waals surface area contributed by atoms with Crippen molar-refractivity contribution in [1.29, 1.82) is 0 Å². The molecule has 2 aromatic carbocycles. The first kappa shape index (κ1) is 24.9. The fourth-order valence-corrected chi connectivity index (χ4v) is 5.97. The van der Waals surface area contributed by atoms with Crippen LogP contribution in [0, 0.1) is 3.57 Å². The molecule has 1 amide bonds. The van der Waals surface area contributed by atoms with Crippen LogP contribution in [-0.2, 0) is 10.0 Å². The SMILES string of the molecule is C[C@@H](NC(=O)c1ccc(I)cc1NS(=O)(=O)C1=CC=CN2SNC=C12)[C@@H](O)c1ccc(Cl)cc1. The van der Waals surface area contributed by atoms with E-state index in [0.29, 0.717) is 16.3 Å². The van der Waals surface area contributed by atoms with E-state index in [4.69, 9.17) is 11.6 Å². The Labute approximate surface area is 220 Å². The van der Waals surface area contributed by atoms with Gasteiger partial charge in [-0.3, -0.25) is 13.8 Å². The van der Waals surface area contributed by atoms with Crippen molar-refractivity contribution >= 4 is 67.9 Å². The van der Waals surface area contributed by atoms with Gasteiger partial charge in [-0.2, -0.15) is 0 Å². The molecule has 178 valence electrons. The highest BCUT2D eigenvalue weighted by Gasteiger charge is 2.31. The van der Waals surface area contributed by atoms with Crippen LogP contribution in [0.1, 0.15) is 28.9 Å². The molecule has 12 heteroatoms. The van der Waals surface area contributed by atoms with Crippen LogP contribution in [0.2, 0.25) is 5.02 Å². The van der Waals surface area contributed by atoms with Gasteiger partial charge in [0.15, 0.2) is 0 Å². The van der Waals surface area contributed by atoms with Gasteiger partial charge < -0.3 is 15.1 Å². The number of aliphatic hydroxyl groups excluding tert-OH is 1. The first-order valence-corrected chi connectivity index (χ1v) is 13.7. The fourth-order valence-electron chi connectivity index (χ4n) is 3.37. The Kier molecular flexibility index (Phi) is 7.48. The lowest BCUT2D eigenvalue weighted by molar-refractivity contribution is 0.0853. The van der Waals surface area contributed by atoms with E-state index < -0.39 is 28.1 Å². The zero-order chi connectivity index (χ0) is 24.5. The zero-order valence-electron chi connectivity index (χ0n) is 17.7. The molecule has 0 saturated carbocycles. The number of hydrogen-bond donors (Lipinski definition) is 4. The van der Waals surface area contributed by atoms with Crippen molar-refractivity contribution in [2.75, 3.05) is 4.72 Å². The minimum Gasteiger partial charge on any atom is -0.386 e. The Hall–Kier alpha value is -2.19. The van der Waals surface area contributed by atoms with Crippen molar-refractivity contribution < 1.29 is 18.3 Å². The largest absolute Gasteiger partial charge is 0.386 e. The maximum atomic E-state index is 13.2. The van der Waals surface area contributed by atoms with Gasteiger partial charge in [-0.15, -0.1) is 0 Å². The number of carbonyl (C=O) groups excluding carboxylic acids is 1. The van der Waals surface area contributed by atoms with Crippen molar-refractivity contribution in [1.82, 2.24) is 14.3 Å². The molecular weight excluding hydrogens is 611 g/mol. The second-order valence-corrected chi connectivity index (χ2v) is 11.6. The molecule has 2 heterocycles. The summed E-state index contributed by atoms with van der Waals surface area (Å²) >= 11 is 9.20. The summed E-state index contributed by atoms with van der Waals surface area (Å²) in [6.45, 7) is 1.67. The van der Waals surface area contributed by atoms with Gasteiger partial charge in [0.1, 0.15) is 4.91 Å². The van der Waals surface area contributed by atoms with E-state index in [1.54, 1.807) is 72.2 Å². The van der Waals surface area contributed by atoms with Crippen LogP contribution in [-0.4, -0.2) is 29.8 Å². The van der Waals surface area contributed by atoms with E-state index in [1.807, 2.05) is 22.6 Å². The first-order valence-electron chi connectivity index (χ1n) is 10.0. The van der Waals surface area contributed by atoms with Gasteiger partial charge in [-0.05, 0) is 77.6 Å². The average Bonchev–Trinajstić information content (AvgIpc) is 3.27. The van der Waals surface area contributed by atoms with Crippen LogP contribution in [0.25, 0.3) is 0 Å². The van der Waals surface area contributed by atoms with E-state index in [1.165, 1.54) is 18.2 Å². The monoisotopic (exact) mass is 630 g/mol. The van der Waals surface area contributed by atoms with Crippen LogP contribution < -0.4 is 14.8 Å². The molecule has 0 aliphatic carbocycles. The minimum atomic E-state index is -4.00. The Morgan fingerprint density at radius 2 is 1.97 bits per heavy atom. The van der Waals surface area contributed by atoms with E-state index in [0.717, 1.165) is 3.57 Å². The molecule has 0 bridgehead atoms. The second kappa shape index (κ2) is 10.2. The van der Waals surface area contributed by atoms with E-state index in [2.05, 4.69) is 14.8 Å².